The molecule has 118 valence electrons. The summed E-state index contributed by atoms with van der Waals surface area (Å²) in [5.41, 5.74) is 3.73. The van der Waals surface area contributed by atoms with E-state index in [0.29, 0.717) is 5.78 Å². The third-order valence-electron chi connectivity index (χ3n) is 4.40. The Hall–Kier alpha value is -2.63. The highest BCUT2D eigenvalue weighted by Crippen LogP contribution is 2.27. The molecular weight excluding hydrogens is 290 g/mol. The first-order valence-corrected chi connectivity index (χ1v) is 7.89. The van der Waals surface area contributed by atoms with Crippen molar-refractivity contribution in [1.29, 1.82) is 0 Å². The van der Waals surface area contributed by atoms with Gasteiger partial charge >= 0.3 is 0 Å². The molecule has 0 atom stereocenters. The number of hydrogen-bond donors (Lipinski definition) is 0. The second-order valence-corrected chi connectivity index (χ2v) is 5.74. The zero-order chi connectivity index (χ0) is 15.8. The number of aryl methyl sites for hydroxylation is 1. The number of fused-ring (bicyclic) bond motifs is 2. The highest BCUT2D eigenvalue weighted by Gasteiger charge is 2.20. The van der Waals surface area contributed by atoms with E-state index in [1.807, 2.05) is 10.6 Å². The molecule has 0 unspecified atom stereocenters. The number of aromatic nitrogens is 4. The van der Waals surface area contributed by atoms with Crippen LogP contribution in [0, 0.1) is 0 Å². The summed E-state index contributed by atoms with van der Waals surface area (Å²) in [7, 11) is 1.71. The first-order valence-electron chi connectivity index (χ1n) is 7.89. The van der Waals surface area contributed by atoms with E-state index in [4.69, 9.17) is 4.74 Å². The quantitative estimate of drug-likeness (QED) is 0.743. The zero-order valence-electron chi connectivity index (χ0n) is 13.4. The van der Waals surface area contributed by atoms with Crippen LogP contribution in [0.1, 0.15) is 23.7 Å². The molecule has 1 aromatic carbocycles. The van der Waals surface area contributed by atoms with Crippen LogP contribution in [0.15, 0.2) is 30.6 Å². The fourth-order valence-electron chi connectivity index (χ4n) is 3.11. The van der Waals surface area contributed by atoms with Gasteiger partial charge in [-0.15, -0.1) is 0 Å². The smallest absolute Gasteiger partial charge is 0.254 e. The number of methoxy groups -OCH3 is 1. The molecule has 0 aliphatic carbocycles. The third-order valence-corrected chi connectivity index (χ3v) is 4.40. The van der Waals surface area contributed by atoms with Crippen LogP contribution >= 0.6 is 0 Å². The minimum Gasteiger partial charge on any atom is -0.497 e. The van der Waals surface area contributed by atoms with Crippen LogP contribution in [0.3, 0.4) is 0 Å². The zero-order valence-corrected chi connectivity index (χ0v) is 13.4. The molecule has 2 aromatic heterocycles. The molecular formula is C17H19N5O. The molecule has 6 nitrogen and oxygen atoms in total. The first kappa shape index (κ1) is 14.0. The van der Waals surface area contributed by atoms with Gasteiger partial charge in [-0.3, -0.25) is 0 Å². The van der Waals surface area contributed by atoms with Crippen molar-refractivity contribution >= 4 is 11.6 Å². The van der Waals surface area contributed by atoms with Gasteiger partial charge in [-0.25, -0.2) is 4.98 Å². The van der Waals surface area contributed by atoms with Gasteiger partial charge in [-0.1, -0.05) is 13.0 Å². The van der Waals surface area contributed by atoms with Crippen molar-refractivity contribution in [2.24, 2.45) is 0 Å². The van der Waals surface area contributed by atoms with E-state index in [0.717, 1.165) is 43.2 Å². The molecule has 1 aliphatic rings. The lowest BCUT2D eigenvalue weighted by Gasteiger charge is -2.31. The molecule has 0 amide bonds. The van der Waals surface area contributed by atoms with Crippen molar-refractivity contribution in [2.45, 2.75) is 26.3 Å². The Labute approximate surface area is 134 Å². The Balaban J connectivity index is 1.75. The summed E-state index contributed by atoms with van der Waals surface area (Å²) >= 11 is 0. The van der Waals surface area contributed by atoms with Crippen molar-refractivity contribution in [2.75, 3.05) is 18.6 Å². The Kier molecular flexibility index (Phi) is 3.37. The third kappa shape index (κ3) is 2.40. The molecule has 0 spiro atoms. The second kappa shape index (κ2) is 5.53. The summed E-state index contributed by atoms with van der Waals surface area (Å²) in [4.78, 5) is 11.1. The Morgan fingerprint density at radius 2 is 2.13 bits per heavy atom. The van der Waals surface area contributed by atoms with E-state index < -0.39 is 0 Å². The molecule has 0 saturated heterocycles. The number of hydrogen-bond acceptors (Lipinski definition) is 5. The average molecular weight is 309 g/mol. The van der Waals surface area contributed by atoms with Crippen LogP contribution in [-0.2, 0) is 19.4 Å². The van der Waals surface area contributed by atoms with Crippen LogP contribution in [0.4, 0.5) is 5.82 Å². The fraction of sp³-hybridized carbons (Fsp3) is 0.353. The standard InChI is InChI=1S/C17H19N5O/c1-3-14-9-16(22-17(20-14)18-11-19-22)21-7-6-12-4-5-15(23-2)8-13(12)10-21/h4-5,8-9,11H,3,6-7,10H2,1-2H3. The largest absolute Gasteiger partial charge is 0.497 e. The minimum atomic E-state index is 0.663. The number of rotatable bonds is 3. The van der Waals surface area contributed by atoms with E-state index >= 15 is 0 Å². The van der Waals surface area contributed by atoms with Crippen molar-refractivity contribution in [3.05, 3.63) is 47.4 Å². The van der Waals surface area contributed by atoms with E-state index in [1.165, 1.54) is 11.1 Å². The summed E-state index contributed by atoms with van der Waals surface area (Å²) in [6, 6.07) is 8.45. The van der Waals surface area contributed by atoms with E-state index in [1.54, 1.807) is 13.4 Å². The monoisotopic (exact) mass is 309 g/mol. The van der Waals surface area contributed by atoms with Crippen molar-refractivity contribution in [3.8, 4) is 5.75 Å². The Morgan fingerprint density at radius 3 is 2.96 bits per heavy atom. The van der Waals surface area contributed by atoms with E-state index in [-0.39, 0.29) is 0 Å². The minimum absolute atomic E-state index is 0.663. The topological polar surface area (TPSA) is 55.6 Å². The first-order chi connectivity index (χ1) is 11.3. The molecule has 6 heteroatoms. The summed E-state index contributed by atoms with van der Waals surface area (Å²) in [6.07, 6.45) is 3.46. The number of benzene rings is 1. The summed E-state index contributed by atoms with van der Waals surface area (Å²) in [6.45, 7) is 3.91. The number of ether oxygens (including phenoxy) is 1. The molecule has 3 heterocycles. The lowest BCUT2D eigenvalue weighted by atomic mass is 9.99. The Bertz CT molecular complexity index is 857. The van der Waals surface area contributed by atoms with Crippen LogP contribution < -0.4 is 9.64 Å². The fourth-order valence-corrected chi connectivity index (χ4v) is 3.11. The molecule has 0 saturated carbocycles. The van der Waals surface area contributed by atoms with Crippen molar-refractivity contribution in [1.82, 2.24) is 19.6 Å². The van der Waals surface area contributed by atoms with Crippen LogP contribution in [-0.4, -0.2) is 33.2 Å². The van der Waals surface area contributed by atoms with Crippen LogP contribution in [0.5, 0.6) is 5.75 Å². The highest BCUT2D eigenvalue weighted by atomic mass is 16.5. The SMILES string of the molecule is CCc1cc(N2CCc3ccc(OC)cc3C2)n2ncnc2n1. The number of anilines is 1. The van der Waals surface area contributed by atoms with Gasteiger partial charge < -0.3 is 9.64 Å². The van der Waals surface area contributed by atoms with Gasteiger partial charge in [0.1, 0.15) is 17.9 Å². The number of nitrogens with zero attached hydrogens (tertiary/aromatic N) is 5. The Morgan fingerprint density at radius 1 is 1.22 bits per heavy atom. The van der Waals surface area contributed by atoms with Crippen molar-refractivity contribution in [3.63, 3.8) is 0 Å². The normalized spacial score (nSPS) is 14.1. The lowest BCUT2D eigenvalue weighted by molar-refractivity contribution is 0.413. The second-order valence-electron chi connectivity index (χ2n) is 5.74. The summed E-state index contributed by atoms with van der Waals surface area (Å²) < 4.78 is 7.18. The molecule has 1 aliphatic heterocycles. The highest BCUT2D eigenvalue weighted by molar-refractivity contribution is 5.51. The van der Waals surface area contributed by atoms with Gasteiger partial charge in [-0.05, 0) is 36.1 Å². The molecule has 4 rings (SSSR count). The average Bonchev–Trinajstić information content (AvgIpc) is 3.08. The maximum atomic E-state index is 5.36. The van der Waals surface area contributed by atoms with Crippen LogP contribution in [0.2, 0.25) is 0 Å². The van der Waals surface area contributed by atoms with Crippen molar-refractivity contribution < 1.29 is 4.74 Å². The maximum Gasteiger partial charge on any atom is 0.254 e. The van der Waals surface area contributed by atoms with Gasteiger partial charge in [0.2, 0.25) is 0 Å². The van der Waals surface area contributed by atoms with E-state index in [2.05, 4.69) is 45.1 Å². The van der Waals surface area contributed by atoms with Crippen LogP contribution in [0.25, 0.3) is 5.78 Å². The molecule has 3 aromatic rings. The van der Waals surface area contributed by atoms with Gasteiger partial charge in [-0.2, -0.15) is 14.6 Å². The molecule has 0 radical (unpaired) electrons. The molecule has 23 heavy (non-hydrogen) atoms. The molecule has 0 bridgehead atoms. The van der Waals surface area contributed by atoms with Gasteiger partial charge in [0.05, 0.1) is 7.11 Å². The van der Waals surface area contributed by atoms with Gasteiger partial charge in [0, 0.05) is 24.8 Å². The predicted octanol–water partition coefficient (Wildman–Crippen LogP) is 2.26. The van der Waals surface area contributed by atoms with Gasteiger partial charge in [0.25, 0.3) is 5.78 Å². The lowest BCUT2D eigenvalue weighted by Crippen LogP contribution is -2.32. The molecule has 0 N–H and O–H groups in total. The van der Waals surface area contributed by atoms with Gasteiger partial charge in [0.15, 0.2) is 0 Å². The van der Waals surface area contributed by atoms with E-state index in [9.17, 15) is 0 Å². The predicted molar refractivity (Wildman–Crippen MR) is 87.9 cm³/mol. The summed E-state index contributed by atoms with van der Waals surface area (Å²) in [5, 5.41) is 4.34. The summed E-state index contributed by atoms with van der Waals surface area (Å²) in [5.74, 6) is 2.62. The molecule has 0 fully saturated rings. The maximum absolute atomic E-state index is 5.36.